The van der Waals surface area contributed by atoms with Gasteiger partial charge >= 0.3 is 0 Å². The molecule has 0 unspecified atom stereocenters. The van der Waals surface area contributed by atoms with Crippen LogP contribution in [0.15, 0.2) is 48.5 Å². The summed E-state index contributed by atoms with van der Waals surface area (Å²) in [7, 11) is 3.57. The number of hydrogen-bond donors (Lipinski definition) is 2. The van der Waals surface area contributed by atoms with Gasteiger partial charge in [-0.3, -0.25) is 9.69 Å². The third-order valence-electron chi connectivity index (χ3n) is 5.72. The SMILES string of the molecule is COc1ccc(OCC(=O)Nc2ccc(OCCN3CCOCC3)c(C3=CCNN3C)c2)cc1. The topological polar surface area (TPSA) is 84.5 Å². The summed E-state index contributed by atoms with van der Waals surface area (Å²) >= 11 is 0. The lowest BCUT2D eigenvalue weighted by Crippen LogP contribution is -2.38. The third kappa shape index (κ3) is 6.40. The largest absolute Gasteiger partial charge is 0.497 e. The van der Waals surface area contributed by atoms with Gasteiger partial charge in [-0.25, -0.2) is 5.43 Å². The highest BCUT2D eigenvalue weighted by molar-refractivity contribution is 5.92. The fourth-order valence-corrected chi connectivity index (χ4v) is 3.85. The molecule has 4 rings (SSSR count). The molecule has 0 aliphatic carbocycles. The minimum atomic E-state index is -0.241. The molecule has 182 valence electrons. The van der Waals surface area contributed by atoms with Crippen LogP contribution in [-0.2, 0) is 9.53 Å². The molecule has 2 aromatic rings. The van der Waals surface area contributed by atoms with Gasteiger partial charge in [0, 0.05) is 44.5 Å². The van der Waals surface area contributed by atoms with Crippen molar-refractivity contribution in [1.82, 2.24) is 15.3 Å². The van der Waals surface area contributed by atoms with Crippen LogP contribution < -0.4 is 25.0 Å². The zero-order chi connectivity index (χ0) is 23.8. The van der Waals surface area contributed by atoms with Crippen molar-refractivity contribution in [3.8, 4) is 17.2 Å². The normalized spacial score (nSPS) is 16.2. The summed E-state index contributed by atoms with van der Waals surface area (Å²) in [5.41, 5.74) is 5.86. The first-order chi connectivity index (χ1) is 16.6. The van der Waals surface area contributed by atoms with Gasteiger partial charge in [0.1, 0.15) is 23.9 Å². The van der Waals surface area contributed by atoms with Crippen molar-refractivity contribution in [2.45, 2.75) is 0 Å². The first-order valence-electron chi connectivity index (χ1n) is 11.4. The number of nitrogens with zero attached hydrogens (tertiary/aromatic N) is 2. The van der Waals surface area contributed by atoms with E-state index < -0.39 is 0 Å². The van der Waals surface area contributed by atoms with Gasteiger partial charge in [-0.15, -0.1) is 0 Å². The summed E-state index contributed by atoms with van der Waals surface area (Å²) in [5, 5.41) is 4.88. The molecule has 0 atom stereocenters. The number of anilines is 1. The second-order valence-corrected chi connectivity index (χ2v) is 8.04. The highest BCUT2D eigenvalue weighted by atomic mass is 16.5. The number of benzene rings is 2. The van der Waals surface area contributed by atoms with E-state index in [4.69, 9.17) is 18.9 Å². The van der Waals surface area contributed by atoms with Crippen LogP contribution >= 0.6 is 0 Å². The fraction of sp³-hybridized carbons (Fsp3) is 0.400. The van der Waals surface area contributed by atoms with Crippen molar-refractivity contribution in [3.63, 3.8) is 0 Å². The molecule has 0 radical (unpaired) electrons. The van der Waals surface area contributed by atoms with Gasteiger partial charge < -0.3 is 29.3 Å². The Morgan fingerprint density at radius 2 is 1.85 bits per heavy atom. The van der Waals surface area contributed by atoms with E-state index >= 15 is 0 Å². The minimum Gasteiger partial charge on any atom is -0.497 e. The van der Waals surface area contributed by atoms with E-state index in [1.165, 1.54) is 0 Å². The maximum Gasteiger partial charge on any atom is 0.262 e. The zero-order valence-corrected chi connectivity index (χ0v) is 19.7. The maximum absolute atomic E-state index is 12.5. The summed E-state index contributed by atoms with van der Waals surface area (Å²) < 4.78 is 22.3. The number of hydrazine groups is 1. The number of morpholine rings is 1. The van der Waals surface area contributed by atoms with Gasteiger partial charge in [0.25, 0.3) is 5.91 Å². The Balaban J connectivity index is 1.38. The summed E-state index contributed by atoms with van der Waals surface area (Å²) in [6.45, 7) is 5.47. The molecule has 34 heavy (non-hydrogen) atoms. The van der Waals surface area contributed by atoms with Gasteiger partial charge in [0.05, 0.1) is 26.0 Å². The molecule has 0 saturated carbocycles. The predicted octanol–water partition coefficient (Wildman–Crippen LogP) is 2.21. The van der Waals surface area contributed by atoms with Crippen LogP contribution in [0.1, 0.15) is 5.56 Å². The molecule has 2 aromatic carbocycles. The Morgan fingerprint density at radius 3 is 2.56 bits per heavy atom. The quantitative estimate of drug-likeness (QED) is 0.549. The molecular formula is C25H32N4O5. The Labute approximate surface area is 200 Å². The Kier molecular flexibility index (Phi) is 8.24. The average Bonchev–Trinajstić information content (AvgIpc) is 3.30. The molecule has 2 aliphatic rings. The zero-order valence-electron chi connectivity index (χ0n) is 19.7. The van der Waals surface area contributed by atoms with Crippen molar-refractivity contribution in [2.75, 3.05) is 72.1 Å². The van der Waals surface area contributed by atoms with Crippen molar-refractivity contribution in [1.29, 1.82) is 0 Å². The molecule has 9 heteroatoms. The van der Waals surface area contributed by atoms with Crippen LogP contribution in [0.2, 0.25) is 0 Å². The number of rotatable bonds is 10. The molecule has 0 bridgehead atoms. The van der Waals surface area contributed by atoms with Crippen molar-refractivity contribution >= 4 is 17.3 Å². The summed E-state index contributed by atoms with van der Waals surface area (Å²) in [6.07, 6.45) is 2.10. The van der Waals surface area contributed by atoms with E-state index in [1.807, 2.05) is 30.3 Å². The number of methoxy groups -OCH3 is 1. The summed E-state index contributed by atoms with van der Waals surface area (Å²) in [6, 6.07) is 12.8. The number of nitrogens with one attached hydrogen (secondary N) is 2. The van der Waals surface area contributed by atoms with Crippen LogP contribution in [0, 0.1) is 0 Å². The fourth-order valence-electron chi connectivity index (χ4n) is 3.85. The molecule has 9 nitrogen and oxygen atoms in total. The van der Waals surface area contributed by atoms with Gasteiger partial charge in [0.15, 0.2) is 6.61 Å². The van der Waals surface area contributed by atoms with Crippen molar-refractivity contribution in [3.05, 3.63) is 54.1 Å². The van der Waals surface area contributed by atoms with Crippen molar-refractivity contribution in [2.24, 2.45) is 0 Å². The third-order valence-corrected chi connectivity index (χ3v) is 5.72. The van der Waals surface area contributed by atoms with E-state index in [1.54, 1.807) is 31.4 Å². The second kappa shape index (κ2) is 11.7. The minimum absolute atomic E-state index is 0.0936. The molecular weight excluding hydrogens is 436 g/mol. The Bertz CT molecular complexity index is 989. The molecule has 2 N–H and O–H groups in total. The lowest BCUT2D eigenvalue weighted by atomic mass is 10.1. The molecule has 0 spiro atoms. The lowest BCUT2D eigenvalue weighted by Gasteiger charge is -2.26. The van der Waals surface area contributed by atoms with Crippen LogP contribution in [0.4, 0.5) is 5.69 Å². The Hall–Kier alpha value is -3.27. The molecule has 2 heterocycles. The van der Waals surface area contributed by atoms with Gasteiger partial charge in [-0.2, -0.15) is 0 Å². The van der Waals surface area contributed by atoms with Gasteiger partial charge in [-0.05, 0) is 48.5 Å². The number of carbonyl (C=O) groups excluding carboxylic acids is 1. The Morgan fingerprint density at radius 1 is 1.09 bits per heavy atom. The first kappa shape index (κ1) is 23.9. The van der Waals surface area contributed by atoms with E-state index in [9.17, 15) is 4.79 Å². The first-order valence-corrected chi connectivity index (χ1v) is 11.4. The summed E-state index contributed by atoms with van der Waals surface area (Å²) in [5.74, 6) is 1.87. The second-order valence-electron chi connectivity index (χ2n) is 8.04. The van der Waals surface area contributed by atoms with Gasteiger partial charge in [-0.1, -0.05) is 0 Å². The van der Waals surface area contributed by atoms with Crippen LogP contribution in [0.5, 0.6) is 17.2 Å². The van der Waals surface area contributed by atoms with E-state index in [-0.39, 0.29) is 12.5 Å². The predicted molar refractivity (Wildman–Crippen MR) is 130 cm³/mol. The number of hydrogen-bond acceptors (Lipinski definition) is 8. The van der Waals surface area contributed by atoms with Gasteiger partial charge in [0.2, 0.25) is 0 Å². The van der Waals surface area contributed by atoms with Crippen LogP contribution in [-0.4, -0.2) is 82.6 Å². The van der Waals surface area contributed by atoms with Crippen LogP contribution in [0.3, 0.4) is 0 Å². The number of carbonyl (C=O) groups is 1. The van der Waals surface area contributed by atoms with E-state index in [0.29, 0.717) is 18.0 Å². The van der Waals surface area contributed by atoms with E-state index in [2.05, 4.69) is 21.7 Å². The average molecular weight is 469 g/mol. The number of amides is 1. The van der Waals surface area contributed by atoms with Crippen molar-refractivity contribution < 1.29 is 23.7 Å². The maximum atomic E-state index is 12.5. The standard InChI is InChI=1S/C25H32N4O5/c1-28-23(9-10-26-28)22-17-19(3-8-24(22)33-16-13-29-11-14-32-15-12-29)27-25(30)18-34-21-6-4-20(31-2)5-7-21/h3-9,17,26H,10-16,18H2,1-2H3,(H,27,30). The molecule has 1 saturated heterocycles. The van der Waals surface area contributed by atoms with Crippen LogP contribution in [0.25, 0.3) is 5.70 Å². The van der Waals surface area contributed by atoms with E-state index in [0.717, 1.165) is 62.2 Å². The highest BCUT2D eigenvalue weighted by Gasteiger charge is 2.19. The molecule has 2 aliphatic heterocycles. The highest BCUT2D eigenvalue weighted by Crippen LogP contribution is 2.32. The smallest absolute Gasteiger partial charge is 0.262 e. The number of ether oxygens (including phenoxy) is 4. The lowest BCUT2D eigenvalue weighted by molar-refractivity contribution is -0.118. The molecule has 1 amide bonds. The summed E-state index contributed by atoms with van der Waals surface area (Å²) in [4.78, 5) is 14.8. The monoisotopic (exact) mass is 468 g/mol. The molecule has 0 aromatic heterocycles. The molecule has 1 fully saturated rings.